The number of allylic oxidation sites excluding steroid dienone is 2. The zero-order valence-electron chi connectivity index (χ0n) is 7.57. The maximum absolute atomic E-state index is 2.35. The van der Waals surface area contributed by atoms with Crippen molar-refractivity contribution in [1.82, 2.24) is 0 Å². The summed E-state index contributed by atoms with van der Waals surface area (Å²) >= 11 is 0. The zero-order valence-corrected chi connectivity index (χ0v) is 7.57. The lowest BCUT2D eigenvalue weighted by molar-refractivity contribution is 0.677. The Morgan fingerprint density at radius 3 is 1.70 bits per heavy atom. The molecule has 0 aromatic carbocycles. The highest BCUT2D eigenvalue weighted by Crippen LogP contribution is 2.37. The smallest absolute Gasteiger partial charge is 0.0226 e. The molecular weight excluding hydrogens is 120 g/mol. The summed E-state index contributed by atoms with van der Waals surface area (Å²) in [5, 5.41) is 0. The number of rotatable bonds is 0. The van der Waals surface area contributed by atoms with Crippen molar-refractivity contribution >= 4 is 0 Å². The Morgan fingerprint density at radius 1 is 1.10 bits per heavy atom. The monoisotopic (exact) mass is 138 g/mol. The predicted octanol–water partition coefficient (Wildman–Crippen LogP) is 3.39. The molecule has 0 unspecified atom stereocenters. The van der Waals surface area contributed by atoms with Gasteiger partial charge in [-0.2, -0.15) is 0 Å². The fourth-order valence-electron chi connectivity index (χ4n) is 2.28. The Kier molecular flexibility index (Phi) is 2.18. The minimum Gasteiger partial charge on any atom is -0.0767 e. The molecule has 0 heterocycles. The second-order valence-corrected chi connectivity index (χ2v) is 3.83. The first kappa shape index (κ1) is 7.84. The molecule has 0 spiro atoms. The highest BCUT2D eigenvalue weighted by Gasteiger charge is 2.23. The second-order valence-electron chi connectivity index (χ2n) is 3.83. The first-order valence-electron chi connectivity index (χ1n) is 4.30. The van der Waals surface area contributed by atoms with E-state index in [4.69, 9.17) is 0 Å². The molecule has 0 amide bonds. The van der Waals surface area contributed by atoms with Crippen molar-refractivity contribution < 1.29 is 0 Å². The largest absolute Gasteiger partial charge is 0.0767 e. The second kappa shape index (κ2) is 2.77. The Bertz CT molecular complexity index is 137. The van der Waals surface area contributed by atoms with Crippen molar-refractivity contribution in [3.63, 3.8) is 0 Å². The number of hydrogen-bond acceptors (Lipinski definition) is 0. The van der Waals surface area contributed by atoms with Gasteiger partial charge >= 0.3 is 0 Å². The van der Waals surface area contributed by atoms with Crippen LogP contribution < -0.4 is 0 Å². The molecule has 0 bridgehead atoms. The lowest BCUT2D eigenvalue weighted by Gasteiger charge is -2.11. The summed E-state index contributed by atoms with van der Waals surface area (Å²) in [4.78, 5) is 0. The van der Waals surface area contributed by atoms with Gasteiger partial charge < -0.3 is 0 Å². The molecule has 1 saturated carbocycles. The molecule has 1 rings (SSSR count). The van der Waals surface area contributed by atoms with Gasteiger partial charge in [0.2, 0.25) is 0 Å². The summed E-state index contributed by atoms with van der Waals surface area (Å²) in [5.74, 6) is 1.72. The molecule has 1 fully saturated rings. The van der Waals surface area contributed by atoms with E-state index < -0.39 is 0 Å². The van der Waals surface area contributed by atoms with Crippen LogP contribution in [0.5, 0.6) is 0 Å². The summed E-state index contributed by atoms with van der Waals surface area (Å²) in [6, 6.07) is 0. The van der Waals surface area contributed by atoms with Crippen molar-refractivity contribution in [3.05, 3.63) is 11.1 Å². The molecule has 1 aliphatic carbocycles. The topological polar surface area (TPSA) is 0 Å². The summed E-state index contributed by atoms with van der Waals surface area (Å²) in [7, 11) is 0. The van der Waals surface area contributed by atoms with E-state index in [-0.39, 0.29) is 0 Å². The summed E-state index contributed by atoms with van der Waals surface area (Å²) in [6.07, 6.45) is 2.81. The molecule has 2 atom stereocenters. The van der Waals surface area contributed by atoms with E-state index in [1.807, 2.05) is 0 Å². The molecule has 58 valence electrons. The molecule has 1 aliphatic rings. The summed E-state index contributed by atoms with van der Waals surface area (Å²) in [5.41, 5.74) is 3.28. The minimum atomic E-state index is 0.861. The average Bonchev–Trinajstić information content (AvgIpc) is 2.11. The van der Waals surface area contributed by atoms with Crippen LogP contribution in [0.2, 0.25) is 0 Å². The van der Waals surface area contributed by atoms with Gasteiger partial charge in [0.25, 0.3) is 0 Å². The lowest BCUT2D eigenvalue weighted by atomic mass is 9.95. The zero-order chi connectivity index (χ0) is 7.72. The SMILES string of the molecule is CC(C)=C1[C@@H](C)CC[C@@H]1C. The van der Waals surface area contributed by atoms with Crippen LogP contribution >= 0.6 is 0 Å². The molecule has 0 radical (unpaired) electrons. The summed E-state index contributed by atoms with van der Waals surface area (Å²) < 4.78 is 0. The van der Waals surface area contributed by atoms with Crippen LogP contribution in [0, 0.1) is 11.8 Å². The van der Waals surface area contributed by atoms with Crippen molar-refractivity contribution in [1.29, 1.82) is 0 Å². The molecule has 10 heavy (non-hydrogen) atoms. The molecule has 0 aromatic heterocycles. The van der Waals surface area contributed by atoms with Gasteiger partial charge in [-0.3, -0.25) is 0 Å². The maximum Gasteiger partial charge on any atom is -0.0226 e. The molecule has 0 nitrogen and oxygen atoms in total. The molecule has 0 aromatic rings. The van der Waals surface area contributed by atoms with Gasteiger partial charge in [0.15, 0.2) is 0 Å². The highest BCUT2D eigenvalue weighted by atomic mass is 14.3. The van der Waals surface area contributed by atoms with E-state index in [0.29, 0.717) is 0 Å². The van der Waals surface area contributed by atoms with Gasteiger partial charge in [0, 0.05) is 0 Å². The normalized spacial score (nSPS) is 33.0. The fraction of sp³-hybridized carbons (Fsp3) is 0.800. The lowest BCUT2D eigenvalue weighted by Crippen LogP contribution is -1.97. The molecular formula is C10H18. The van der Waals surface area contributed by atoms with E-state index in [1.165, 1.54) is 12.8 Å². The molecule has 0 saturated heterocycles. The third kappa shape index (κ3) is 1.25. The predicted molar refractivity (Wildman–Crippen MR) is 45.9 cm³/mol. The minimum absolute atomic E-state index is 0.861. The van der Waals surface area contributed by atoms with Crippen molar-refractivity contribution in [3.8, 4) is 0 Å². The first-order valence-corrected chi connectivity index (χ1v) is 4.30. The average molecular weight is 138 g/mol. The van der Waals surface area contributed by atoms with E-state index in [9.17, 15) is 0 Å². The van der Waals surface area contributed by atoms with Crippen LogP contribution in [0.25, 0.3) is 0 Å². The van der Waals surface area contributed by atoms with E-state index in [1.54, 1.807) is 11.1 Å². The molecule has 0 aliphatic heterocycles. The van der Waals surface area contributed by atoms with E-state index in [2.05, 4.69) is 27.7 Å². The fourth-order valence-corrected chi connectivity index (χ4v) is 2.28. The van der Waals surface area contributed by atoms with Crippen LogP contribution in [0.3, 0.4) is 0 Å². The third-order valence-corrected chi connectivity index (χ3v) is 2.67. The van der Waals surface area contributed by atoms with Gasteiger partial charge in [-0.15, -0.1) is 0 Å². The third-order valence-electron chi connectivity index (χ3n) is 2.67. The standard InChI is InChI=1S/C10H18/c1-7(2)10-8(3)5-6-9(10)4/h8-9H,5-6H2,1-4H3/t8-,9-/m0/s1. The quantitative estimate of drug-likeness (QED) is 0.450. The van der Waals surface area contributed by atoms with Crippen LogP contribution in [-0.2, 0) is 0 Å². The van der Waals surface area contributed by atoms with Crippen LogP contribution in [-0.4, -0.2) is 0 Å². The first-order chi connectivity index (χ1) is 4.63. The van der Waals surface area contributed by atoms with Gasteiger partial charge in [-0.25, -0.2) is 0 Å². The van der Waals surface area contributed by atoms with Gasteiger partial charge in [0.05, 0.1) is 0 Å². The van der Waals surface area contributed by atoms with Crippen molar-refractivity contribution in [2.24, 2.45) is 11.8 Å². The highest BCUT2D eigenvalue weighted by molar-refractivity contribution is 5.19. The van der Waals surface area contributed by atoms with Gasteiger partial charge in [0.1, 0.15) is 0 Å². The Balaban J connectivity index is 2.82. The van der Waals surface area contributed by atoms with E-state index >= 15 is 0 Å². The van der Waals surface area contributed by atoms with E-state index in [0.717, 1.165) is 11.8 Å². The Labute approximate surface area is 64.3 Å². The van der Waals surface area contributed by atoms with Gasteiger partial charge in [-0.1, -0.05) is 25.0 Å². The Hall–Kier alpha value is -0.260. The summed E-state index contributed by atoms with van der Waals surface area (Å²) in [6.45, 7) is 9.19. The van der Waals surface area contributed by atoms with Crippen LogP contribution in [0.4, 0.5) is 0 Å². The molecule has 0 heteroatoms. The van der Waals surface area contributed by atoms with Crippen molar-refractivity contribution in [2.45, 2.75) is 40.5 Å². The van der Waals surface area contributed by atoms with Crippen LogP contribution in [0.1, 0.15) is 40.5 Å². The number of hydrogen-bond donors (Lipinski definition) is 0. The van der Waals surface area contributed by atoms with Gasteiger partial charge in [-0.05, 0) is 38.5 Å². The maximum atomic E-state index is 2.35. The van der Waals surface area contributed by atoms with Crippen LogP contribution in [0.15, 0.2) is 11.1 Å². The van der Waals surface area contributed by atoms with Crippen molar-refractivity contribution in [2.75, 3.05) is 0 Å². The molecule has 0 N–H and O–H groups in total. The Morgan fingerprint density at radius 2 is 1.50 bits per heavy atom.